The van der Waals surface area contributed by atoms with Gasteiger partial charge in [0.2, 0.25) is 0 Å². The van der Waals surface area contributed by atoms with E-state index >= 15 is 0 Å². The Morgan fingerprint density at radius 2 is 1.95 bits per heavy atom. The molecule has 1 saturated heterocycles. The van der Waals surface area contributed by atoms with Gasteiger partial charge in [0, 0.05) is 37.5 Å². The third-order valence-corrected chi connectivity index (χ3v) is 4.92. The predicted molar refractivity (Wildman–Crippen MR) is 87.3 cm³/mol. The van der Waals surface area contributed by atoms with Gasteiger partial charge in [-0.05, 0) is 25.8 Å². The zero-order valence-electron chi connectivity index (χ0n) is 13.2. The van der Waals surface area contributed by atoms with E-state index in [2.05, 4.69) is 48.3 Å². The molecule has 1 aliphatic heterocycles. The van der Waals surface area contributed by atoms with Crippen LogP contribution in [0.3, 0.4) is 0 Å². The van der Waals surface area contributed by atoms with Crippen LogP contribution in [0.2, 0.25) is 0 Å². The summed E-state index contributed by atoms with van der Waals surface area (Å²) in [6, 6.07) is 10.7. The van der Waals surface area contributed by atoms with Gasteiger partial charge in [0.15, 0.2) is 0 Å². The average Bonchev–Trinajstić information content (AvgIpc) is 2.39. The first-order valence-electron chi connectivity index (χ1n) is 7.46. The van der Waals surface area contributed by atoms with Crippen molar-refractivity contribution in [1.29, 1.82) is 0 Å². The molecule has 21 heavy (non-hydrogen) atoms. The molecule has 4 nitrogen and oxygen atoms in total. The van der Waals surface area contributed by atoms with E-state index in [4.69, 9.17) is 0 Å². The molecule has 1 atom stereocenters. The van der Waals surface area contributed by atoms with E-state index in [0.29, 0.717) is 12.6 Å². The summed E-state index contributed by atoms with van der Waals surface area (Å²) in [4.78, 5) is 2.32. The molecule has 0 aromatic heterocycles. The van der Waals surface area contributed by atoms with Crippen molar-refractivity contribution in [3.8, 4) is 0 Å². The quantitative estimate of drug-likeness (QED) is 0.891. The third kappa shape index (κ3) is 5.41. The molecule has 2 rings (SSSR count). The Labute approximate surface area is 128 Å². The summed E-state index contributed by atoms with van der Waals surface area (Å²) in [5.41, 5.74) is 1.33. The van der Waals surface area contributed by atoms with Crippen LogP contribution in [0.15, 0.2) is 30.3 Å². The summed E-state index contributed by atoms with van der Waals surface area (Å²) >= 11 is 0. The first-order valence-corrected chi connectivity index (χ1v) is 9.52. The Kier molecular flexibility index (Phi) is 5.07. The highest BCUT2D eigenvalue weighted by Crippen LogP contribution is 2.18. The largest absolute Gasteiger partial charge is 0.309 e. The van der Waals surface area contributed by atoms with Gasteiger partial charge < -0.3 is 5.32 Å². The van der Waals surface area contributed by atoms with Crippen LogP contribution in [0.1, 0.15) is 19.4 Å². The topological polar surface area (TPSA) is 49.4 Å². The van der Waals surface area contributed by atoms with Crippen LogP contribution in [-0.2, 0) is 16.3 Å². The standard InChI is InChI=1S/C16H26N2O2S/c1-16(2)13-18(9-10-21(3,19)20)15(12-17-16)11-14-7-5-4-6-8-14/h4-8,15,17H,9-13H2,1-3H3. The lowest BCUT2D eigenvalue weighted by molar-refractivity contribution is 0.101. The maximum absolute atomic E-state index is 11.5. The average molecular weight is 310 g/mol. The smallest absolute Gasteiger partial charge is 0.148 e. The molecule has 1 fully saturated rings. The number of benzene rings is 1. The van der Waals surface area contributed by atoms with E-state index in [1.165, 1.54) is 11.8 Å². The van der Waals surface area contributed by atoms with Gasteiger partial charge in [-0.25, -0.2) is 8.42 Å². The SMILES string of the molecule is CC1(C)CN(CCS(C)(=O)=O)C(Cc2ccccc2)CN1. The van der Waals surface area contributed by atoms with Crippen LogP contribution >= 0.6 is 0 Å². The van der Waals surface area contributed by atoms with Gasteiger partial charge in [-0.15, -0.1) is 0 Å². The Hall–Kier alpha value is -0.910. The highest BCUT2D eigenvalue weighted by Gasteiger charge is 2.32. The van der Waals surface area contributed by atoms with Crippen molar-refractivity contribution >= 4 is 9.84 Å². The molecule has 0 radical (unpaired) electrons. The summed E-state index contributed by atoms with van der Waals surface area (Å²) < 4.78 is 22.9. The summed E-state index contributed by atoms with van der Waals surface area (Å²) in [6.45, 7) is 6.71. The van der Waals surface area contributed by atoms with E-state index in [0.717, 1.165) is 19.5 Å². The van der Waals surface area contributed by atoms with Crippen molar-refractivity contribution in [3.63, 3.8) is 0 Å². The van der Waals surface area contributed by atoms with Crippen molar-refractivity contribution in [2.45, 2.75) is 31.8 Å². The molecule has 0 amide bonds. The normalized spacial score (nSPS) is 23.1. The van der Waals surface area contributed by atoms with Crippen molar-refractivity contribution in [3.05, 3.63) is 35.9 Å². The van der Waals surface area contributed by atoms with Crippen molar-refractivity contribution in [2.75, 3.05) is 31.6 Å². The molecule has 1 aromatic rings. The molecular formula is C16H26N2O2S. The second-order valence-electron chi connectivity index (χ2n) is 6.71. The van der Waals surface area contributed by atoms with E-state index in [1.807, 2.05) is 6.07 Å². The second-order valence-corrected chi connectivity index (χ2v) is 8.97. The number of nitrogens with one attached hydrogen (secondary N) is 1. The minimum atomic E-state index is -2.92. The first-order chi connectivity index (χ1) is 9.75. The van der Waals surface area contributed by atoms with Gasteiger partial charge in [-0.3, -0.25) is 4.90 Å². The predicted octanol–water partition coefficient (Wildman–Crippen LogP) is 1.33. The summed E-state index contributed by atoms with van der Waals surface area (Å²) in [5.74, 6) is 0.231. The third-order valence-electron chi connectivity index (χ3n) is 3.99. The van der Waals surface area contributed by atoms with Crippen molar-refractivity contribution in [1.82, 2.24) is 10.2 Å². The van der Waals surface area contributed by atoms with E-state index in [-0.39, 0.29) is 11.3 Å². The van der Waals surface area contributed by atoms with Crippen molar-refractivity contribution in [2.24, 2.45) is 0 Å². The molecule has 0 aliphatic carbocycles. The van der Waals surface area contributed by atoms with E-state index in [1.54, 1.807) is 0 Å². The Morgan fingerprint density at radius 1 is 1.29 bits per heavy atom. The summed E-state index contributed by atoms with van der Waals surface area (Å²) in [7, 11) is -2.92. The van der Waals surface area contributed by atoms with Crippen LogP contribution < -0.4 is 5.32 Å². The lowest BCUT2D eigenvalue weighted by Crippen LogP contribution is -2.62. The highest BCUT2D eigenvalue weighted by atomic mass is 32.2. The monoisotopic (exact) mass is 310 g/mol. The number of rotatable bonds is 5. The molecule has 0 bridgehead atoms. The summed E-state index contributed by atoms with van der Waals surface area (Å²) in [6.07, 6.45) is 2.26. The highest BCUT2D eigenvalue weighted by molar-refractivity contribution is 7.90. The Morgan fingerprint density at radius 3 is 2.57 bits per heavy atom. The zero-order chi connectivity index (χ0) is 15.5. The number of sulfone groups is 1. The minimum Gasteiger partial charge on any atom is -0.309 e. The first kappa shape index (κ1) is 16.5. The number of piperazine rings is 1. The molecule has 1 unspecified atom stereocenters. The molecule has 0 spiro atoms. The fourth-order valence-corrected chi connectivity index (χ4v) is 3.41. The van der Waals surface area contributed by atoms with Crippen molar-refractivity contribution < 1.29 is 8.42 Å². The fourth-order valence-electron chi connectivity index (χ4n) is 2.85. The molecule has 1 N–H and O–H groups in total. The van der Waals surface area contributed by atoms with Crippen LogP contribution in [0.4, 0.5) is 0 Å². The molecular weight excluding hydrogens is 284 g/mol. The van der Waals surface area contributed by atoms with Gasteiger partial charge in [0.25, 0.3) is 0 Å². The maximum Gasteiger partial charge on any atom is 0.148 e. The molecule has 0 saturated carbocycles. The maximum atomic E-state index is 11.5. The molecule has 1 aliphatic rings. The van der Waals surface area contributed by atoms with Gasteiger partial charge in [-0.2, -0.15) is 0 Å². The Balaban J connectivity index is 2.06. The van der Waals surface area contributed by atoms with Crippen LogP contribution in [0.25, 0.3) is 0 Å². The van der Waals surface area contributed by atoms with Gasteiger partial charge in [0.05, 0.1) is 5.75 Å². The van der Waals surface area contributed by atoms with E-state index in [9.17, 15) is 8.42 Å². The molecule has 1 aromatic carbocycles. The fraction of sp³-hybridized carbons (Fsp3) is 0.625. The minimum absolute atomic E-state index is 0.0324. The number of hydrogen-bond acceptors (Lipinski definition) is 4. The van der Waals surface area contributed by atoms with Crippen LogP contribution in [0, 0.1) is 0 Å². The van der Waals surface area contributed by atoms with E-state index < -0.39 is 9.84 Å². The lowest BCUT2D eigenvalue weighted by atomic mass is 9.95. The zero-order valence-corrected chi connectivity index (χ0v) is 14.0. The molecule has 1 heterocycles. The number of hydrogen-bond donors (Lipinski definition) is 1. The Bertz CT molecular complexity index is 555. The molecule has 5 heteroatoms. The summed E-state index contributed by atoms with van der Waals surface area (Å²) in [5, 5.41) is 3.56. The van der Waals surface area contributed by atoms with Crippen LogP contribution in [-0.4, -0.2) is 56.5 Å². The van der Waals surface area contributed by atoms with Gasteiger partial charge in [0.1, 0.15) is 9.84 Å². The van der Waals surface area contributed by atoms with Gasteiger partial charge in [-0.1, -0.05) is 30.3 Å². The van der Waals surface area contributed by atoms with Gasteiger partial charge >= 0.3 is 0 Å². The molecule has 118 valence electrons. The lowest BCUT2D eigenvalue weighted by Gasteiger charge is -2.44. The van der Waals surface area contributed by atoms with Crippen LogP contribution in [0.5, 0.6) is 0 Å². The second kappa shape index (κ2) is 6.46. The number of nitrogens with zero attached hydrogens (tertiary/aromatic N) is 1.